The maximum atomic E-state index is 14.6. The van der Waals surface area contributed by atoms with Crippen molar-refractivity contribution >= 4 is 17.5 Å². The van der Waals surface area contributed by atoms with Gasteiger partial charge in [-0.2, -0.15) is 5.26 Å². The highest BCUT2D eigenvalue weighted by molar-refractivity contribution is 6.04. The van der Waals surface area contributed by atoms with Crippen LogP contribution in [-0.4, -0.2) is 27.0 Å². The number of nitrogens with zero attached hydrogens (tertiary/aromatic N) is 3. The molecule has 7 atom stereocenters. The number of imidazole rings is 1. The van der Waals surface area contributed by atoms with Crippen molar-refractivity contribution in [2.45, 2.75) is 100 Å². The summed E-state index contributed by atoms with van der Waals surface area (Å²) < 4.78 is 1.68. The van der Waals surface area contributed by atoms with Crippen LogP contribution in [0.15, 0.2) is 35.8 Å². The molecule has 6 rings (SSSR count). The Balaban J connectivity index is 1.52. The van der Waals surface area contributed by atoms with E-state index in [9.17, 15) is 19.6 Å². The number of ketones is 2. The molecule has 0 bridgehead atoms. The van der Waals surface area contributed by atoms with Crippen molar-refractivity contribution in [3.63, 3.8) is 0 Å². The van der Waals surface area contributed by atoms with Gasteiger partial charge in [-0.15, -0.1) is 0 Å². The first-order valence-electron chi connectivity index (χ1n) is 15.5. The largest absolute Gasteiger partial charge is 0.295 e. The molecule has 5 aliphatic rings. The molecule has 0 radical (unpaired) electrons. The van der Waals surface area contributed by atoms with Gasteiger partial charge in [0.1, 0.15) is 12.4 Å². The van der Waals surface area contributed by atoms with E-state index in [1.54, 1.807) is 10.9 Å². The Morgan fingerprint density at radius 2 is 1.71 bits per heavy atom. The minimum atomic E-state index is -0.679. The molecule has 3 fully saturated rings. The first-order chi connectivity index (χ1) is 19.0. The van der Waals surface area contributed by atoms with E-state index in [2.05, 4.69) is 45.7 Å². The van der Waals surface area contributed by atoms with Crippen LogP contribution in [0.3, 0.4) is 0 Å². The molecule has 1 aromatic heterocycles. The molecule has 0 amide bonds. The molecule has 6 heteroatoms. The average molecular weight is 556 g/mol. The molecule has 41 heavy (non-hydrogen) atoms. The van der Waals surface area contributed by atoms with Crippen LogP contribution >= 0.6 is 0 Å². The third-order valence-corrected chi connectivity index (χ3v) is 13.2. The van der Waals surface area contributed by atoms with Gasteiger partial charge in [0.15, 0.2) is 11.6 Å². The fraction of sp³-hybridized carbons (Fsp3) is 0.686. The number of hydrogen-bond acceptors (Lipinski definition) is 5. The van der Waals surface area contributed by atoms with Crippen LogP contribution in [0.25, 0.3) is 0 Å². The number of nitriles is 1. The molecule has 0 aliphatic heterocycles. The van der Waals surface area contributed by atoms with Gasteiger partial charge >= 0.3 is 0 Å². The van der Waals surface area contributed by atoms with E-state index >= 15 is 0 Å². The number of rotatable bonds is 1. The Bertz CT molecular complexity index is 1490. The van der Waals surface area contributed by atoms with Crippen molar-refractivity contribution < 1.29 is 14.4 Å². The highest BCUT2D eigenvalue weighted by Crippen LogP contribution is 2.74. The van der Waals surface area contributed by atoms with Gasteiger partial charge in [-0.3, -0.25) is 19.0 Å². The predicted octanol–water partition coefficient (Wildman–Crippen LogP) is 7.05. The third-order valence-electron chi connectivity index (χ3n) is 13.2. The monoisotopic (exact) mass is 555 g/mol. The zero-order valence-corrected chi connectivity index (χ0v) is 26.1. The van der Waals surface area contributed by atoms with E-state index in [0.29, 0.717) is 0 Å². The Kier molecular flexibility index (Phi) is 5.80. The van der Waals surface area contributed by atoms with Gasteiger partial charge < -0.3 is 0 Å². The Hall–Kier alpha value is -2.81. The van der Waals surface area contributed by atoms with Crippen LogP contribution in [0.4, 0.5) is 0 Å². The van der Waals surface area contributed by atoms with E-state index in [-0.39, 0.29) is 57.0 Å². The molecule has 1 aromatic rings. The molecule has 6 nitrogen and oxygen atoms in total. The lowest BCUT2D eigenvalue weighted by Gasteiger charge is -2.69. The molecular weight excluding hydrogens is 510 g/mol. The molecule has 1 heterocycles. The van der Waals surface area contributed by atoms with Crippen molar-refractivity contribution in [3.05, 3.63) is 41.5 Å². The predicted molar refractivity (Wildman–Crippen MR) is 156 cm³/mol. The van der Waals surface area contributed by atoms with Gasteiger partial charge in [0.2, 0.25) is 5.91 Å². The molecule has 218 valence electrons. The molecule has 0 N–H and O–H groups in total. The lowest BCUT2D eigenvalue weighted by molar-refractivity contribution is -0.164. The Morgan fingerprint density at radius 3 is 2.34 bits per heavy atom. The van der Waals surface area contributed by atoms with Crippen LogP contribution in [-0.2, 0) is 9.59 Å². The van der Waals surface area contributed by atoms with Gasteiger partial charge in [-0.1, -0.05) is 60.1 Å². The third kappa shape index (κ3) is 3.47. The first kappa shape index (κ1) is 28.3. The number of carbonyl (C=O) groups excluding carboxylic acids is 3. The Labute approximate surface area is 244 Å². The van der Waals surface area contributed by atoms with E-state index in [4.69, 9.17) is 0 Å². The van der Waals surface area contributed by atoms with Crippen LogP contribution in [0, 0.1) is 68.5 Å². The topological polar surface area (TPSA) is 92.8 Å². The number of allylic oxidation sites excluding steroid dienone is 4. The van der Waals surface area contributed by atoms with Crippen LogP contribution in [0.2, 0.25) is 0 Å². The number of aryl methyl sites for hydroxylation is 1. The summed E-state index contributed by atoms with van der Waals surface area (Å²) in [5, 5.41) is 9.94. The van der Waals surface area contributed by atoms with Gasteiger partial charge in [-0.05, 0) is 86.0 Å². The quantitative estimate of drug-likeness (QED) is 0.370. The van der Waals surface area contributed by atoms with Gasteiger partial charge in [0, 0.05) is 22.9 Å². The van der Waals surface area contributed by atoms with E-state index in [1.807, 2.05) is 39.1 Å². The molecule has 5 aliphatic carbocycles. The molecule has 1 unspecified atom stereocenters. The maximum absolute atomic E-state index is 14.6. The molecule has 0 aromatic carbocycles. The minimum absolute atomic E-state index is 0.0224. The fourth-order valence-corrected chi connectivity index (χ4v) is 10.8. The second-order valence-corrected chi connectivity index (χ2v) is 16.1. The smallest absolute Gasteiger partial charge is 0.238 e. The second-order valence-electron chi connectivity index (χ2n) is 16.1. The maximum Gasteiger partial charge on any atom is 0.238 e. The molecule has 3 saturated carbocycles. The number of aromatic nitrogens is 2. The zero-order valence-electron chi connectivity index (χ0n) is 26.1. The molecule has 0 saturated heterocycles. The number of carbonyl (C=O) groups is 3. The minimum Gasteiger partial charge on any atom is -0.295 e. The van der Waals surface area contributed by atoms with Crippen LogP contribution < -0.4 is 0 Å². The summed E-state index contributed by atoms with van der Waals surface area (Å²) in [6.07, 6.45) is 13.2. The van der Waals surface area contributed by atoms with Crippen molar-refractivity contribution in [2.24, 2.45) is 50.2 Å². The summed E-state index contributed by atoms with van der Waals surface area (Å²) in [5.74, 6) is -0.145. The fourth-order valence-electron chi connectivity index (χ4n) is 10.8. The zero-order chi connectivity index (χ0) is 30.0. The number of hydrogen-bond donors (Lipinski definition) is 0. The van der Waals surface area contributed by atoms with Crippen molar-refractivity contribution in [2.75, 3.05) is 0 Å². The van der Waals surface area contributed by atoms with Crippen LogP contribution in [0.5, 0.6) is 0 Å². The SMILES string of the molecule is Cc1cn(C(=O)[C@]23CCC(C)(C)C[C@@H]2[C@H]2C(=O)C=C4[C@@]5(C)C=C(C#N)C(=O)C(C)(C)C5CC[C@@]4(C)[C@]2(C)CC3)cn1. The van der Waals surface area contributed by atoms with Crippen LogP contribution in [0.1, 0.15) is 104 Å². The summed E-state index contributed by atoms with van der Waals surface area (Å²) in [4.78, 5) is 46.7. The van der Waals surface area contributed by atoms with E-state index < -0.39 is 16.2 Å². The average Bonchev–Trinajstić information content (AvgIpc) is 3.33. The first-order valence-corrected chi connectivity index (χ1v) is 15.5. The molecule has 0 spiro atoms. The summed E-state index contributed by atoms with van der Waals surface area (Å²) in [5.41, 5.74) is -0.253. The lowest BCUT2D eigenvalue weighted by atomic mass is 9.34. The summed E-state index contributed by atoms with van der Waals surface area (Å²) in [6.45, 7) is 17.2. The second kappa shape index (κ2) is 8.39. The van der Waals surface area contributed by atoms with Crippen molar-refractivity contribution in [1.29, 1.82) is 5.26 Å². The van der Waals surface area contributed by atoms with E-state index in [0.717, 1.165) is 56.2 Å². The van der Waals surface area contributed by atoms with Gasteiger partial charge in [0.05, 0.1) is 16.7 Å². The number of Topliss-reactive ketones (excluding diaryl/α,β-unsaturated/α-hetero) is 1. The summed E-state index contributed by atoms with van der Waals surface area (Å²) in [6, 6.07) is 2.19. The van der Waals surface area contributed by atoms with Gasteiger partial charge in [-0.25, -0.2) is 4.98 Å². The standard InChI is InChI=1S/C35H45N3O3/c1-21-19-38(20-37-21)29(41)35-13-11-30(2,3)17-23(35)27-24(39)15-26-32(6)16-22(18-36)28(40)31(4,5)25(32)9-10-33(26,7)34(27,8)12-14-35/h15-16,19-20,23,25,27H,9-14,17H2,1-8H3/t23-,25?,27+,32+,33-,34-,35+/m1/s1. The normalized spacial score (nSPS) is 42.5. The Morgan fingerprint density at radius 1 is 1.02 bits per heavy atom. The highest BCUT2D eigenvalue weighted by atomic mass is 16.2. The highest BCUT2D eigenvalue weighted by Gasteiger charge is 2.71. The van der Waals surface area contributed by atoms with Crippen molar-refractivity contribution in [1.82, 2.24) is 9.55 Å². The number of fused-ring (bicyclic) bond motifs is 7. The summed E-state index contributed by atoms with van der Waals surface area (Å²) in [7, 11) is 0. The molecular formula is C35H45N3O3. The van der Waals surface area contributed by atoms with Gasteiger partial charge in [0.25, 0.3) is 0 Å². The van der Waals surface area contributed by atoms with Crippen molar-refractivity contribution in [3.8, 4) is 6.07 Å². The summed E-state index contributed by atoms with van der Waals surface area (Å²) >= 11 is 0. The lowest BCUT2D eigenvalue weighted by Crippen LogP contribution is -2.66. The van der Waals surface area contributed by atoms with E-state index in [1.165, 1.54) is 0 Å².